The highest BCUT2D eigenvalue weighted by Gasteiger charge is 1.98. The second-order valence-corrected chi connectivity index (χ2v) is 3.75. The van der Waals surface area contributed by atoms with Crippen molar-refractivity contribution < 1.29 is 4.74 Å². The number of benzene rings is 1. The van der Waals surface area contributed by atoms with Crippen molar-refractivity contribution >= 4 is 24.0 Å². The number of nitrogen functional groups attached to an aromatic ring is 2. The van der Waals surface area contributed by atoms with Crippen LogP contribution in [-0.2, 0) is 0 Å². The van der Waals surface area contributed by atoms with Crippen LogP contribution >= 0.6 is 0 Å². The Bertz CT molecular complexity index is 560. The van der Waals surface area contributed by atoms with Gasteiger partial charge in [-0.05, 0) is 30.7 Å². The Morgan fingerprint density at radius 2 is 1.63 bits per heavy atom. The molecule has 19 heavy (non-hydrogen) atoms. The van der Waals surface area contributed by atoms with E-state index in [1.807, 2.05) is 37.3 Å². The predicted molar refractivity (Wildman–Crippen MR) is 75.2 cm³/mol. The van der Waals surface area contributed by atoms with E-state index in [9.17, 15) is 0 Å². The summed E-state index contributed by atoms with van der Waals surface area (Å²) in [6, 6.07) is 7.68. The molecule has 0 aliphatic carbocycles. The number of ether oxygens (including phenoxy) is 1. The molecule has 4 N–H and O–H groups in total. The molecule has 1 aromatic carbocycles. The SMILES string of the molecule is CCOc1ccc(C=Cc2nc(N)nc(N)n2)cc1. The van der Waals surface area contributed by atoms with Gasteiger partial charge in [-0.15, -0.1) is 0 Å². The zero-order valence-electron chi connectivity index (χ0n) is 10.6. The maximum absolute atomic E-state index is 5.49. The summed E-state index contributed by atoms with van der Waals surface area (Å²) in [7, 11) is 0. The third kappa shape index (κ3) is 3.67. The minimum Gasteiger partial charge on any atom is -0.494 e. The first-order valence-electron chi connectivity index (χ1n) is 5.85. The molecule has 0 fully saturated rings. The van der Waals surface area contributed by atoms with Gasteiger partial charge in [0.05, 0.1) is 6.61 Å². The largest absolute Gasteiger partial charge is 0.494 e. The third-order valence-corrected chi connectivity index (χ3v) is 2.30. The fourth-order valence-corrected chi connectivity index (χ4v) is 1.51. The van der Waals surface area contributed by atoms with Crippen molar-refractivity contribution in [3.63, 3.8) is 0 Å². The van der Waals surface area contributed by atoms with E-state index >= 15 is 0 Å². The zero-order chi connectivity index (χ0) is 13.7. The fourth-order valence-electron chi connectivity index (χ4n) is 1.51. The summed E-state index contributed by atoms with van der Waals surface area (Å²) in [6.45, 7) is 2.60. The molecule has 0 amide bonds. The summed E-state index contributed by atoms with van der Waals surface area (Å²) in [5.41, 5.74) is 12.0. The summed E-state index contributed by atoms with van der Waals surface area (Å²) < 4.78 is 5.36. The van der Waals surface area contributed by atoms with Crippen LogP contribution < -0.4 is 16.2 Å². The van der Waals surface area contributed by atoms with Gasteiger partial charge in [-0.25, -0.2) is 0 Å². The van der Waals surface area contributed by atoms with E-state index in [-0.39, 0.29) is 11.9 Å². The Hall–Kier alpha value is -2.63. The second-order valence-electron chi connectivity index (χ2n) is 3.75. The monoisotopic (exact) mass is 257 g/mol. The van der Waals surface area contributed by atoms with Gasteiger partial charge >= 0.3 is 0 Å². The fraction of sp³-hybridized carbons (Fsp3) is 0.154. The van der Waals surface area contributed by atoms with E-state index in [1.165, 1.54) is 0 Å². The van der Waals surface area contributed by atoms with Crippen LogP contribution in [0.5, 0.6) is 5.75 Å². The maximum atomic E-state index is 5.49. The van der Waals surface area contributed by atoms with Crippen LogP contribution in [-0.4, -0.2) is 21.6 Å². The third-order valence-electron chi connectivity index (χ3n) is 2.30. The Morgan fingerprint density at radius 3 is 2.21 bits per heavy atom. The van der Waals surface area contributed by atoms with Crippen LogP contribution in [0.25, 0.3) is 12.2 Å². The molecule has 0 saturated carbocycles. The number of nitrogens with zero attached hydrogens (tertiary/aromatic N) is 3. The smallest absolute Gasteiger partial charge is 0.225 e. The van der Waals surface area contributed by atoms with E-state index in [4.69, 9.17) is 16.2 Å². The molecule has 1 heterocycles. The summed E-state index contributed by atoms with van der Waals surface area (Å²) >= 11 is 0. The summed E-state index contributed by atoms with van der Waals surface area (Å²) in [6.07, 6.45) is 3.59. The minimum absolute atomic E-state index is 0.110. The number of anilines is 2. The molecule has 6 nitrogen and oxygen atoms in total. The van der Waals surface area contributed by atoms with Crippen molar-refractivity contribution in [1.29, 1.82) is 0 Å². The van der Waals surface area contributed by atoms with Crippen LogP contribution in [0.15, 0.2) is 24.3 Å². The summed E-state index contributed by atoms with van der Waals surface area (Å²) in [5.74, 6) is 1.49. The first kappa shape index (κ1) is 12.8. The first-order valence-corrected chi connectivity index (χ1v) is 5.85. The highest BCUT2D eigenvalue weighted by atomic mass is 16.5. The van der Waals surface area contributed by atoms with Crippen molar-refractivity contribution in [2.75, 3.05) is 18.1 Å². The molecule has 6 heteroatoms. The average Bonchev–Trinajstić information content (AvgIpc) is 2.37. The van der Waals surface area contributed by atoms with Crippen LogP contribution in [0.4, 0.5) is 11.9 Å². The molecule has 0 aliphatic rings. The van der Waals surface area contributed by atoms with Crippen molar-refractivity contribution in [3.8, 4) is 5.75 Å². The van der Waals surface area contributed by atoms with Crippen molar-refractivity contribution in [2.45, 2.75) is 6.92 Å². The molecule has 0 unspecified atom stereocenters. The quantitative estimate of drug-likeness (QED) is 0.863. The van der Waals surface area contributed by atoms with Crippen LogP contribution in [0.2, 0.25) is 0 Å². The van der Waals surface area contributed by atoms with Gasteiger partial charge in [0.15, 0.2) is 5.82 Å². The van der Waals surface area contributed by atoms with E-state index in [0.29, 0.717) is 12.4 Å². The Balaban J connectivity index is 2.13. The lowest BCUT2D eigenvalue weighted by Gasteiger charge is -2.02. The molecule has 2 rings (SSSR count). The number of rotatable bonds is 4. The van der Waals surface area contributed by atoms with E-state index < -0.39 is 0 Å². The van der Waals surface area contributed by atoms with Gasteiger partial charge in [0.25, 0.3) is 0 Å². The van der Waals surface area contributed by atoms with Crippen LogP contribution in [0.3, 0.4) is 0 Å². The van der Waals surface area contributed by atoms with Crippen molar-refractivity contribution in [3.05, 3.63) is 35.7 Å². The van der Waals surface area contributed by atoms with E-state index in [1.54, 1.807) is 6.08 Å². The highest BCUT2D eigenvalue weighted by Crippen LogP contribution is 2.14. The van der Waals surface area contributed by atoms with Crippen LogP contribution in [0.1, 0.15) is 18.3 Å². The second kappa shape index (κ2) is 5.81. The first-order chi connectivity index (χ1) is 9.17. The van der Waals surface area contributed by atoms with Gasteiger partial charge in [0, 0.05) is 0 Å². The molecular formula is C13H15N5O. The average molecular weight is 257 g/mol. The Kier molecular flexibility index (Phi) is 3.92. The lowest BCUT2D eigenvalue weighted by Crippen LogP contribution is -2.03. The molecule has 2 aromatic rings. The van der Waals surface area contributed by atoms with Gasteiger partial charge in [-0.3, -0.25) is 0 Å². The van der Waals surface area contributed by atoms with Crippen molar-refractivity contribution in [1.82, 2.24) is 15.0 Å². The molecule has 0 spiro atoms. The number of aromatic nitrogens is 3. The number of hydrogen-bond donors (Lipinski definition) is 2. The summed E-state index contributed by atoms with van der Waals surface area (Å²) in [4.78, 5) is 11.6. The molecule has 0 saturated heterocycles. The van der Waals surface area contributed by atoms with Gasteiger partial charge in [0.1, 0.15) is 5.75 Å². The number of hydrogen-bond acceptors (Lipinski definition) is 6. The highest BCUT2D eigenvalue weighted by molar-refractivity contribution is 5.67. The maximum Gasteiger partial charge on any atom is 0.225 e. The molecular weight excluding hydrogens is 242 g/mol. The van der Waals surface area contributed by atoms with Gasteiger partial charge in [0.2, 0.25) is 11.9 Å². The topological polar surface area (TPSA) is 99.9 Å². The van der Waals surface area contributed by atoms with Crippen LogP contribution in [0, 0.1) is 0 Å². The number of nitrogens with two attached hydrogens (primary N) is 2. The summed E-state index contributed by atoms with van der Waals surface area (Å²) in [5, 5.41) is 0. The van der Waals surface area contributed by atoms with Crippen molar-refractivity contribution in [2.24, 2.45) is 0 Å². The lowest BCUT2D eigenvalue weighted by molar-refractivity contribution is 0.340. The Labute approximate surface area is 111 Å². The minimum atomic E-state index is 0.110. The van der Waals surface area contributed by atoms with E-state index in [2.05, 4.69) is 15.0 Å². The van der Waals surface area contributed by atoms with E-state index in [0.717, 1.165) is 11.3 Å². The molecule has 1 aromatic heterocycles. The molecule has 0 aliphatic heterocycles. The van der Waals surface area contributed by atoms with Gasteiger partial charge in [-0.2, -0.15) is 15.0 Å². The zero-order valence-corrected chi connectivity index (χ0v) is 10.6. The molecule has 0 bridgehead atoms. The molecule has 0 atom stereocenters. The molecule has 98 valence electrons. The van der Waals surface area contributed by atoms with Gasteiger partial charge in [-0.1, -0.05) is 18.2 Å². The molecule has 0 radical (unpaired) electrons. The normalized spacial score (nSPS) is 10.8. The lowest BCUT2D eigenvalue weighted by atomic mass is 10.2. The predicted octanol–water partition coefficient (Wildman–Crippen LogP) is 1.61. The Morgan fingerprint density at radius 1 is 1.00 bits per heavy atom. The van der Waals surface area contributed by atoms with Gasteiger partial charge < -0.3 is 16.2 Å². The standard InChI is InChI=1S/C13H15N5O/c1-2-19-10-6-3-9(4-7-10)5-8-11-16-12(14)18-13(15)17-11/h3-8H,2H2,1H3,(H4,14,15,16,17,18).